The summed E-state index contributed by atoms with van der Waals surface area (Å²) in [6, 6.07) is 20.8. The van der Waals surface area contributed by atoms with Gasteiger partial charge in [-0.3, -0.25) is 4.79 Å². The van der Waals surface area contributed by atoms with E-state index < -0.39 is 5.28 Å². The smallest absolute Gasteiger partial charge is 0.240 e. The maximum Gasteiger partial charge on any atom is 0.240 e. The van der Waals surface area contributed by atoms with E-state index in [1.807, 2.05) is 24.1 Å². The van der Waals surface area contributed by atoms with Crippen LogP contribution in [-0.4, -0.2) is 47.4 Å². The van der Waals surface area contributed by atoms with E-state index in [4.69, 9.17) is 0 Å². The number of benzene rings is 2. The number of rotatable bonds is 7. The monoisotopic (exact) mass is 522 g/mol. The summed E-state index contributed by atoms with van der Waals surface area (Å²) in [5.41, 5.74) is 4.81. The summed E-state index contributed by atoms with van der Waals surface area (Å²) >= 11 is 0. The summed E-state index contributed by atoms with van der Waals surface area (Å²) < 4.78 is 0. The molecule has 2 saturated carbocycles. The minimum atomic E-state index is -0.586. The van der Waals surface area contributed by atoms with Gasteiger partial charge in [-0.2, -0.15) is 0 Å². The fraction of sp³-hybridized carbons (Fsp3) is 0.581. The second kappa shape index (κ2) is 12.1. The summed E-state index contributed by atoms with van der Waals surface area (Å²) in [6.45, 7) is 1.03. The molecule has 1 heterocycles. The molecule has 0 spiro atoms. The number of nitrogens with zero attached hydrogens (tertiary/aromatic N) is 1. The molecule has 0 bridgehead atoms. The average molecular weight is 523 g/mol. The third-order valence-electron chi connectivity index (χ3n) is 9.11. The van der Waals surface area contributed by atoms with Crippen molar-refractivity contribution in [2.45, 2.75) is 98.9 Å². The highest BCUT2D eigenvalue weighted by atomic mass is 31.1. The van der Waals surface area contributed by atoms with Gasteiger partial charge in [0.1, 0.15) is 5.28 Å². The lowest BCUT2D eigenvalue weighted by molar-refractivity contribution is -0.134. The maximum absolute atomic E-state index is 14.1. The van der Waals surface area contributed by atoms with Gasteiger partial charge < -0.3 is 10.2 Å². The number of carbonyl (C=O) groups is 1. The van der Waals surface area contributed by atoms with E-state index in [1.165, 1.54) is 64.2 Å². The first-order valence-electron chi connectivity index (χ1n) is 14.3. The molecule has 5 heteroatoms. The lowest BCUT2D eigenvalue weighted by atomic mass is 9.95. The maximum atomic E-state index is 14.1. The fourth-order valence-electron chi connectivity index (χ4n) is 7.13. The summed E-state index contributed by atoms with van der Waals surface area (Å²) in [5.74, 6) is 0.224. The minimum absolute atomic E-state index is 0.0230. The van der Waals surface area contributed by atoms with E-state index in [0.29, 0.717) is 5.66 Å². The van der Waals surface area contributed by atoms with Crippen molar-refractivity contribution in [2.75, 3.05) is 13.6 Å². The first kappa shape index (κ1) is 26.3. The molecule has 1 N–H and O–H groups in total. The van der Waals surface area contributed by atoms with Crippen LogP contribution in [0.3, 0.4) is 0 Å². The van der Waals surface area contributed by atoms with Gasteiger partial charge in [-0.1, -0.05) is 116 Å². The summed E-state index contributed by atoms with van der Waals surface area (Å²) in [6.07, 6.45) is 15.3. The predicted octanol–water partition coefficient (Wildman–Crippen LogP) is 7.10. The molecule has 3 aliphatic rings. The van der Waals surface area contributed by atoms with Gasteiger partial charge in [0.25, 0.3) is 0 Å². The molecule has 2 aliphatic carbocycles. The molecule has 2 aromatic carbocycles. The zero-order valence-corrected chi connectivity index (χ0v) is 24.0. The van der Waals surface area contributed by atoms with Crippen LogP contribution < -0.4 is 5.32 Å². The van der Waals surface area contributed by atoms with Gasteiger partial charge in [0.05, 0.1) is 6.04 Å². The van der Waals surface area contributed by atoms with Gasteiger partial charge in [-0.05, 0) is 60.2 Å². The fourth-order valence-corrected chi connectivity index (χ4v) is 12.1. The second-order valence-corrected chi connectivity index (χ2v) is 15.2. The Hall–Kier alpha value is -1.27. The number of carbonyl (C=O) groups excluding carboxylic acids is 1. The Balaban J connectivity index is 1.36. The lowest BCUT2D eigenvalue weighted by Crippen LogP contribution is -2.50. The van der Waals surface area contributed by atoms with Crippen molar-refractivity contribution in [3.63, 3.8) is 0 Å². The third-order valence-corrected chi connectivity index (χ3v) is 14.1. The van der Waals surface area contributed by atoms with E-state index in [9.17, 15) is 4.79 Å². The molecule has 3 atom stereocenters. The van der Waals surface area contributed by atoms with Crippen molar-refractivity contribution in [3.05, 3.63) is 71.8 Å². The molecule has 3 nitrogen and oxygen atoms in total. The van der Waals surface area contributed by atoms with Crippen LogP contribution in [-0.2, 0) is 10.1 Å². The number of likely N-dealkylation sites (N-methyl/N-ethyl adjacent to an activating group) is 1. The Morgan fingerprint density at radius 3 is 1.75 bits per heavy atom. The van der Waals surface area contributed by atoms with Crippen LogP contribution in [0, 0.1) is 0 Å². The quantitative estimate of drug-likeness (QED) is 0.394. The van der Waals surface area contributed by atoms with Crippen LogP contribution in [0.2, 0.25) is 0 Å². The summed E-state index contributed by atoms with van der Waals surface area (Å²) in [5, 5.41) is 3.15. The number of hydrogen-bond donors (Lipinski definition) is 1. The van der Waals surface area contributed by atoms with E-state index in [2.05, 4.69) is 63.1 Å². The van der Waals surface area contributed by atoms with Crippen LogP contribution in [0.4, 0.5) is 0 Å². The van der Waals surface area contributed by atoms with Crippen molar-refractivity contribution in [1.29, 1.82) is 0 Å². The predicted molar refractivity (Wildman–Crippen MR) is 157 cm³/mol. The van der Waals surface area contributed by atoms with Gasteiger partial charge in [-0.25, -0.2) is 0 Å². The van der Waals surface area contributed by atoms with E-state index >= 15 is 0 Å². The van der Waals surface area contributed by atoms with Crippen molar-refractivity contribution < 1.29 is 4.79 Å². The lowest BCUT2D eigenvalue weighted by Gasteiger charge is -2.42. The van der Waals surface area contributed by atoms with Crippen LogP contribution in [0.1, 0.15) is 81.8 Å². The molecule has 3 unspecified atom stereocenters. The van der Waals surface area contributed by atoms with Gasteiger partial charge in [0.2, 0.25) is 5.91 Å². The number of hydrogen-bond acceptors (Lipinski definition) is 2. The Kier molecular flexibility index (Phi) is 8.83. The number of nitrogens with one attached hydrogen (secondary N) is 1. The number of amides is 1. The SMILES string of the molecule is CN(C(=O)C1CC(P(C2CCCCC2)C2CCCCC2)CN1)C(P)(c1ccccc1)c1ccccc1. The van der Waals surface area contributed by atoms with Crippen LogP contribution in [0.15, 0.2) is 60.7 Å². The average Bonchev–Trinajstić information content (AvgIpc) is 3.44. The molecular formula is C31H44N2OP2. The highest BCUT2D eigenvalue weighted by Gasteiger charge is 2.44. The van der Waals surface area contributed by atoms with Crippen LogP contribution in [0.25, 0.3) is 0 Å². The molecule has 2 aromatic rings. The van der Waals surface area contributed by atoms with Crippen LogP contribution >= 0.6 is 17.2 Å². The van der Waals surface area contributed by atoms with Crippen molar-refractivity contribution in [2.24, 2.45) is 0 Å². The second-order valence-electron chi connectivity index (χ2n) is 11.3. The van der Waals surface area contributed by atoms with E-state index in [-0.39, 0.29) is 19.9 Å². The Bertz CT molecular complexity index is 915. The zero-order valence-electron chi connectivity index (χ0n) is 21.9. The highest BCUT2D eigenvalue weighted by molar-refractivity contribution is 7.60. The Morgan fingerprint density at radius 1 is 0.806 bits per heavy atom. The minimum Gasteiger partial charge on any atom is -0.327 e. The van der Waals surface area contributed by atoms with E-state index in [1.54, 1.807) is 0 Å². The molecular weight excluding hydrogens is 478 g/mol. The largest absolute Gasteiger partial charge is 0.327 e. The van der Waals surface area contributed by atoms with Crippen molar-refractivity contribution in [1.82, 2.24) is 10.2 Å². The molecule has 194 valence electrons. The highest BCUT2D eigenvalue weighted by Crippen LogP contribution is 2.60. The third kappa shape index (κ3) is 5.45. The molecule has 5 rings (SSSR count). The molecule has 1 aliphatic heterocycles. The van der Waals surface area contributed by atoms with Gasteiger partial charge in [0, 0.05) is 13.6 Å². The van der Waals surface area contributed by atoms with Crippen LogP contribution in [0.5, 0.6) is 0 Å². The molecule has 0 aromatic heterocycles. The van der Waals surface area contributed by atoms with Gasteiger partial charge in [0.15, 0.2) is 0 Å². The first-order valence-corrected chi connectivity index (χ1v) is 16.4. The van der Waals surface area contributed by atoms with E-state index in [0.717, 1.165) is 35.4 Å². The molecule has 1 saturated heterocycles. The molecule has 36 heavy (non-hydrogen) atoms. The summed E-state index contributed by atoms with van der Waals surface area (Å²) in [4.78, 5) is 16.1. The standard InChI is InChI=1S/C31H44N2OP2/c1-33(31(35,24-14-6-2-7-15-24)25-16-8-3-9-17-25)30(34)29-22-28(23-32-29)36(26-18-10-4-11-19-26)27-20-12-5-13-21-27/h2-3,6-9,14-17,26-29,32H,4-5,10-13,18-23,35H2,1H3. The topological polar surface area (TPSA) is 32.3 Å². The Morgan fingerprint density at radius 2 is 1.28 bits per heavy atom. The van der Waals surface area contributed by atoms with Crippen molar-refractivity contribution >= 4 is 23.1 Å². The van der Waals surface area contributed by atoms with Crippen molar-refractivity contribution in [3.8, 4) is 0 Å². The molecule has 0 radical (unpaired) electrons. The Labute approximate surface area is 222 Å². The molecule has 1 amide bonds. The van der Waals surface area contributed by atoms with Gasteiger partial charge >= 0.3 is 0 Å². The zero-order chi connectivity index (χ0) is 25.0. The first-order chi connectivity index (χ1) is 17.6. The van der Waals surface area contributed by atoms with Gasteiger partial charge in [-0.15, -0.1) is 0 Å². The normalized spacial score (nSPS) is 24.2. The summed E-state index contributed by atoms with van der Waals surface area (Å²) in [7, 11) is 5.01. The molecule has 3 fully saturated rings.